The molecule has 0 bridgehead atoms. The topological polar surface area (TPSA) is 29.3 Å². The molecule has 0 radical (unpaired) electrons. The van der Waals surface area contributed by atoms with Crippen molar-refractivity contribution >= 4 is 0 Å². The average molecular weight is 186 g/mol. The maximum absolute atomic E-state index is 5.76. The van der Waals surface area contributed by atoms with E-state index in [-0.39, 0.29) is 0 Å². The normalized spacial score (nSPS) is 16.2. The van der Waals surface area contributed by atoms with Crippen LogP contribution in [0.1, 0.15) is 46.5 Å². The summed E-state index contributed by atoms with van der Waals surface area (Å²) < 4.78 is 0. The van der Waals surface area contributed by atoms with Gasteiger partial charge in [0.1, 0.15) is 0 Å². The highest BCUT2D eigenvalue weighted by atomic mass is 15.1. The Kier molecular flexibility index (Phi) is 7.29. The molecule has 80 valence electrons. The van der Waals surface area contributed by atoms with E-state index in [0.29, 0.717) is 12.1 Å². The van der Waals surface area contributed by atoms with Crippen LogP contribution >= 0.6 is 0 Å². The number of rotatable bonds is 7. The largest absolute Gasteiger partial charge is 0.328 e. The molecule has 2 atom stereocenters. The molecule has 2 unspecified atom stereocenters. The minimum Gasteiger partial charge on any atom is -0.328 e. The Morgan fingerprint density at radius 2 is 1.85 bits per heavy atom. The second-order valence-electron chi connectivity index (χ2n) is 4.25. The van der Waals surface area contributed by atoms with E-state index >= 15 is 0 Å². The molecule has 0 aromatic heterocycles. The van der Waals surface area contributed by atoms with Gasteiger partial charge < -0.3 is 10.6 Å². The molecule has 0 saturated carbocycles. The van der Waals surface area contributed by atoms with Crippen molar-refractivity contribution in [2.45, 2.75) is 58.5 Å². The Morgan fingerprint density at radius 1 is 1.23 bits per heavy atom. The molecule has 0 aliphatic carbocycles. The fourth-order valence-electron chi connectivity index (χ4n) is 1.55. The summed E-state index contributed by atoms with van der Waals surface area (Å²) in [6.07, 6.45) is 5.06. The van der Waals surface area contributed by atoms with Gasteiger partial charge in [-0.1, -0.05) is 19.8 Å². The van der Waals surface area contributed by atoms with Crippen molar-refractivity contribution in [1.29, 1.82) is 0 Å². The summed E-state index contributed by atoms with van der Waals surface area (Å²) in [7, 11) is 2.20. The Balaban J connectivity index is 3.50. The Morgan fingerprint density at radius 3 is 2.31 bits per heavy atom. The van der Waals surface area contributed by atoms with Crippen LogP contribution in [0.2, 0.25) is 0 Å². The van der Waals surface area contributed by atoms with Crippen molar-refractivity contribution in [2.75, 3.05) is 13.6 Å². The molecule has 0 aliphatic heterocycles. The van der Waals surface area contributed by atoms with Gasteiger partial charge in [0.05, 0.1) is 0 Å². The van der Waals surface area contributed by atoms with E-state index in [1.54, 1.807) is 0 Å². The minimum atomic E-state index is 0.323. The Hall–Kier alpha value is -0.0800. The van der Waals surface area contributed by atoms with Crippen LogP contribution in [0.5, 0.6) is 0 Å². The molecule has 0 aromatic carbocycles. The van der Waals surface area contributed by atoms with Crippen LogP contribution in [0.25, 0.3) is 0 Å². The molecular weight excluding hydrogens is 160 g/mol. The predicted octanol–water partition coefficient (Wildman–Crippen LogP) is 2.23. The zero-order chi connectivity index (χ0) is 10.3. The van der Waals surface area contributed by atoms with Crippen molar-refractivity contribution < 1.29 is 0 Å². The third-order valence-corrected chi connectivity index (χ3v) is 2.58. The van der Waals surface area contributed by atoms with Crippen LogP contribution in [0.15, 0.2) is 0 Å². The molecule has 0 spiro atoms. The van der Waals surface area contributed by atoms with Gasteiger partial charge in [0.2, 0.25) is 0 Å². The molecule has 0 amide bonds. The number of hydrogen-bond acceptors (Lipinski definition) is 2. The molecule has 0 rings (SSSR count). The van der Waals surface area contributed by atoms with Gasteiger partial charge in [-0.25, -0.2) is 0 Å². The van der Waals surface area contributed by atoms with Crippen molar-refractivity contribution in [3.63, 3.8) is 0 Å². The maximum atomic E-state index is 5.76. The van der Waals surface area contributed by atoms with Crippen LogP contribution in [0.4, 0.5) is 0 Å². The lowest BCUT2D eigenvalue weighted by Crippen LogP contribution is -2.34. The first-order chi connectivity index (χ1) is 6.07. The van der Waals surface area contributed by atoms with Gasteiger partial charge in [0.15, 0.2) is 0 Å². The summed E-state index contributed by atoms with van der Waals surface area (Å²) >= 11 is 0. The van der Waals surface area contributed by atoms with E-state index in [1.807, 2.05) is 0 Å². The molecule has 0 aromatic rings. The Labute approximate surface area is 83.5 Å². The van der Waals surface area contributed by atoms with Crippen LogP contribution in [-0.2, 0) is 0 Å². The van der Waals surface area contributed by atoms with Gasteiger partial charge in [0.25, 0.3) is 0 Å². The summed E-state index contributed by atoms with van der Waals surface area (Å²) in [4.78, 5) is 2.42. The highest BCUT2D eigenvalue weighted by Gasteiger charge is 2.09. The fourth-order valence-corrected chi connectivity index (χ4v) is 1.55. The van der Waals surface area contributed by atoms with E-state index in [2.05, 4.69) is 32.7 Å². The summed E-state index contributed by atoms with van der Waals surface area (Å²) in [5.41, 5.74) is 5.76. The lowest BCUT2D eigenvalue weighted by atomic mass is 10.1. The molecule has 2 N–H and O–H groups in total. The lowest BCUT2D eigenvalue weighted by Gasteiger charge is -2.25. The molecule has 0 fully saturated rings. The molecule has 0 aliphatic rings. The molecule has 0 saturated heterocycles. The first-order valence-electron chi connectivity index (χ1n) is 5.53. The van der Waals surface area contributed by atoms with E-state index in [4.69, 9.17) is 5.73 Å². The van der Waals surface area contributed by atoms with Crippen molar-refractivity contribution in [1.82, 2.24) is 4.90 Å². The van der Waals surface area contributed by atoms with Crippen LogP contribution < -0.4 is 5.73 Å². The van der Waals surface area contributed by atoms with Crippen LogP contribution in [-0.4, -0.2) is 30.6 Å². The van der Waals surface area contributed by atoms with E-state index < -0.39 is 0 Å². The van der Waals surface area contributed by atoms with Crippen LogP contribution in [0, 0.1) is 0 Å². The molecule has 2 nitrogen and oxygen atoms in total. The Bertz CT molecular complexity index is 113. The second-order valence-corrected chi connectivity index (χ2v) is 4.25. The first-order valence-corrected chi connectivity index (χ1v) is 5.53. The van der Waals surface area contributed by atoms with E-state index in [9.17, 15) is 0 Å². The van der Waals surface area contributed by atoms with Gasteiger partial charge in [-0.05, 0) is 40.3 Å². The SMILES string of the molecule is CCCCCN(C)C(C)CC(C)N. The van der Waals surface area contributed by atoms with E-state index in [1.165, 1.54) is 25.8 Å². The zero-order valence-corrected chi connectivity index (χ0v) is 9.71. The third-order valence-electron chi connectivity index (χ3n) is 2.58. The summed E-state index contributed by atoms with van der Waals surface area (Å²) in [6, 6.07) is 0.945. The quantitative estimate of drug-likeness (QED) is 0.618. The van der Waals surface area contributed by atoms with Gasteiger partial charge in [0, 0.05) is 12.1 Å². The van der Waals surface area contributed by atoms with Crippen molar-refractivity contribution in [3.8, 4) is 0 Å². The van der Waals surface area contributed by atoms with Gasteiger partial charge in [-0.15, -0.1) is 0 Å². The molecule has 0 heterocycles. The number of nitrogens with two attached hydrogens (primary N) is 1. The smallest absolute Gasteiger partial charge is 0.00785 e. The average Bonchev–Trinajstić information content (AvgIpc) is 2.03. The summed E-state index contributed by atoms with van der Waals surface area (Å²) in [5, 5.41) is 0. The van der Waals surface area contributed by atoms with Crippen LogP contribution in [0.3, 0.4) is 0 Å². The predicted molar refractivity (Wildman–Crippen MR) is 59.9 cm³/mol. The standard InChI is InChI=1S/C11H26N2/c1-5-6-7-8-13(4)11(3)9-10(2)12/h10-11H,5-9,12H2,1-4H3. The van der Waals surface area contributed by atoms with Gasteiger partial charge >= 0.3 is 0 Å². The molecule has 13 heavy (non-hydrogen) atoms. The first kappa shape index (κ1) is 12.9. The lowest BCUT2D eigenvalue weighted by molar-refractivity contribution is 0.233. The van der Waals surface area contributed by atoms with E-state index in [0.717, 1.165) is 6.42 Å². The number of hydrogen-bond donors (Lipinski definition) is 1. The second kappa shape index (κ2) is 7.34. The summed E-state index contributed by atoms with van der Waals surface area (Å²) in [5.74, 6) is 0. The minimum absolute atomic E-state index is 0.323. The highest BCUT2D eigenvalue weighted by Crippen LogP contribution is 2.05. The maximum Gasteiger partial charge on any atom is 0.00785 e. The number of nitrogens with zero attached hydrogens (tertiary/aromatic N) is 1. The zero-order valence-electron chi connectivity index (χ0n) is 9.71. The van der Waals surface area contributed by atoms with Gasteiger partial charge in [-0.2, -0.15) is 0 Å². The van der Waals surface area contributed by atoms with Crippen molar-refractivity contribution in [2.24, 2.45) is 5.73 Å². The van der Waals surface area contributed by atoms with Crippen molar-refractivity contribution in [3.05, 3.63) is 0 Å². The highest BCUT2D eigenvalue weighted by molar-refractivity contribution is 4.68. The summed E-state index contributed by atoms with van der Waals surface area (Å²) in [6.45, 7) is 7.79. The molecule has 2 heteroatoms. The number of unbranched alkanes of at least 4 members (excludes halogenated alkanes) is 2. The third kappa shape index (κ3) is 7.03. The molecular formula is C11H26N2. The monoisotopic (exact) mass is 186 g/mol. The fraction of sp³-hybridized carbons (Fsp3) is 1.00. The van der Waals surface area contributed by atoms with Gasteiger partial charge in [-0.3, -0.25) is 0 Å².